The number of alkyl halides is 6. The lowest BCUT2D eigenvalue weighted by molar-refractivity contribution is -0.286. The molecule has 16 heavy (non-hydrogen) atoms. The minimum atomic E-state index is -5.51. The minimum Gasteiger partial charge on any atom is -0.275 e. The van der Waals surface area contributed by atoms with Crippen molar-refractivity contribution in [1.29, 1.82) is 0 Å². The van der Waals surface area contributed by atoms with Gasteiger partial charge in [-0.1, -0.05) is 0 Å². The normalized spacial score (nSPS) is 13.1. The molecule has 0 atom stereocenters. The summed E-state index contributed by atoms with van der Waals surface area (Å²) in [5, 5.41) is 0.310. The zero-order valence-corrected chi connectivity index (χ0v) is 8.32. The van der Waals surface area contributed by atoms with Crippen LogP contribution in [0.5, 0.6) is 0 Å². The van der Waals surface area contributed by atoms with Gasteiger partial charge in [0, 0.05) is 13.5 Å². The molecule has 0 aliphatic heterocycles. The van der Waals surface area contributed by atoms with Gasteiger partial charge in [-0.3, -0.25) is 9.63 Å². The first-order valence-corrected chi connectivity index (χ1v) is 3.94. The standard InChI is InChI=1S/C7H9F6NO2/c1-14(16-2)5(15)3-4(6(8,9)10)7(11,12)13/h4H,3H2,1-2H3. The maximum absolute atomic E-state index is 12.0. The second-order valence-electron chi connectivity index (χ2n) is 2.91. The molecule has 0 unspecified atom stereocenters. The average Bonchev–Trinajstić information content (AvgIpc) is 2.08. The molecule has 0 bridgehead atoms. The Balaban J connectivity index is 4.78. The summed E-state index contributed by atoms with van der Waals surface area (Å²) in [5.74, 6) is -5.08. The van der Waals surface area contributed by atoms with E-state index in [4.69, 9.17) is 0 Å². The highest BCUT2D eigenvalue weighted by molar-refractivity contribution is 5.75. The van der Waals surface area contributed by atoms with Crippen LogP contribution >= 0.6 is 0 Å². The quantitative estimate of drug-likeness (QED) is 0.569. The van der Waals surface area contributed by atoms with Gasteiger partial charge < -0.3 is 0 Å². The van der Waals surface area contributed by atoms with Crippen LogP contribution < -0.4 is 0 Å². The Hall–Kier alpha value is -0.990. The molecular weight excluding hydrogens is 244 g/mol. The van der Waals surface area contributed by atoms with Crippen LogP contribution in [0.1, 0.15) is 6.42 Å². The highest BCUT2D eigenvalue weighted by Crippen LogP contribution is 2.41. The molecular formula is C7H9F6NO2. The lowest BCUT2D eigenvalue weighted by atomic mass is 10.0. The molecule has 0 heterocycles. The monoisotopic (exact) mass is 253 g/mol. The van der Waals surface area contributed by atoms with E-state index in [1.165, 1.54) is 0 Å². The molecule has 9 heteroatoms. The number of rotatable bonds is 3. The third kappa shape index (κ3) is 4.25. The van der Waals surface area contributed by atoms with Gasteiger partial charge >= 0.3 is 12.4 Å². The predicted octanol–water partition coefficient (Wildman–Crippen LogP) is 2.14. The molecule has 0 aliphatic carbocycles. The van der Waals surface area contributed by atoms with Crippen LogP contribution in [0.2, 0.25) is 0 Å². The fourth-order valence-corrected chi connectivity index (χ4v) is 0.822. The number of hydroxylamine groups is 2. The molecule has 0 N–H and O–H groups in total. The Morgan fingerprint density at radius 2 is 1.56 bits per heavy atom. The van der Waals surface area contributed by atoms with Crippen LogP contribution in [0, 0.1) is 5.92 Å². The van der Waals surface area contributed by atoms with E-state index < -0.39 is 30.6 Å². The summed E-state index contributed by atoms with van der Waals surface area (Å²) in [6, 6.07) is 0. The van der Waals surface area contributed by atoms with Crippen LogP contribution in [-0.4, -0.2) is 37.5 Å². The number of amides is 1. The lowest BCUT2D eigenvalue weighted by Gasteiger charge is -2.24. The molecule has 3 nitrogen and oxygen atoms in total. The highest BCUT2D eigenvalue weighted by atomic mass is 19.4. The molecule has 0 aliphatic rings. The Bertz CT molecular complexity index is 234. The van der Waals surface area contributed by atoms with E-state index in [1.54, 1.807) is 0 Å². The number of nitrogens with zero attached hydrogens (tertiary/aromatic N) is 1. The van der Waals surface area contributed by atoms with Gasteiger partial charge in [0.2, 0.25) is 5.91 Å². The van der Waals surface area contributed by atoms with Crippen LogP contribution in [0.4, 0.5) is 26.3 Å². The van der Waals surface area contributed by atoms with Crippen molar-refractivity contribution in [2.45, 2.75) is 18.8 Å². The van der Waals surface area contributed by atoms with E-state index in [1.807, 2.05) is 0 Å². The van der Waals surface area contributed by atoms with Gasteiger partial charge in [0.15, 0.2) is 5.92 Å². The van der Waals surface area contributed by atoms with Crippen molar-refractivity contribution in [1.82, 2.24) is 5.06 Å². The van der Waals surface area contributed by atoms with Gasteiger partial charge in [-0.05, 0) is 0 Å². The smallest absolute Gasteiger partial charge is 0.275 e. The molecule has 0 aromatic rings. The van der Waals surface area contributed by atoms with E-state index in [-0.39, 0.29) is 0 Å². The van der Waals surface area contributed by atoms with Crippen molar-refractivity contribution in [3.63, 3.8) is 0 Å². The minimum absolute atomic E-state index is 0.310. The number of carbonyl (C=O) groups is 1. The lowest BCUT2D eigenvalue weighted by Crippen LogP contribution is -2.40. The molecule has 96 valence electrons. The first-order valence-electron chi connectivity index (χ1n) is 3.94. The number of hydrogen-bond acceptors (Lipinski definition) is 2. The Labute approximate surface area is 86.9 Å². The second kappa shape index (κ2) is 4.89. The topological polar surface area (TPSA) is 29.5 Å². The van der Waals surface area contributed by atoms with Crippen LogP contribution in [0.15, 0.2) is 0 Å². The van der Waals surface area contributed by atoms with Gasteiger partial charge in [-0.25, -0.2) is 5.06 Å². The van der Waals surface area contributed by atoms with E-state index in [2.05, 4.69) is 4.84 Å². The van der Waals surface area contributed by atoms with Crippen molar-refractivity contribution in [3.8, 4) is 0 Å². The summed E-state index contributed by atoms with van der Waals surface area (Å²) < 4.78 is 72.1. The summed E-state index contributed by atoms with van der Waals surface area (Å²) in [5.41, 5.74) is 0. The fourth-order valence-electron chi connectivity index (χ4n) is 0.822. The Morgan fingerprint density at radius 3 is 1.81 bits per heavy atom. The van der Waals surface area contributed by atoms with Crippen LogP contribution in [0.3, 0.4) is 0 Å². The Kier molecular flexibility index (Phi) is 4.59. The number of halogens is 6. The van der Waals surface area contributed by atoms with Crippen LogP contribution in [0.25, 0.3) is 0 Å². The fraction of sp³-hybridized carbons (Fsp3) is 0.857. The predicted molar refractivity (Wildman–Crippen MR) is 40.0 cm³/mol. The molecule has 0 saturated heterocycles. The van der Waals surface area contributed by atoms with Crippen molar-refractivity contribution >= 4 is 5.91 Å². The third-order valence-corrected chi connectivity index (χ3v) is 1.79. The van der Waals surface area contributed by atoms with Crippen molar-refractivity contribution in [3.05, 3.63) is 0 Å². The van der Waals surface area contributed by atoms with Gasteiger partial charge in [0.25, 0.3) is 0 Å². The molecule has 0 saturated carbocycles. The summed E-state index contributed by atoms with van der Waals surface area (Å²) in [6.45, 7) is 0. The van der Waals surface area contributed by atoms with E-state index in [0.29, 0.717) is 5.06 Å². The maximum atomic E-state index is 12.0. The second-order valence-corrected chi connectivity index (χ2v) is 2.91. The summed E-state index contributed by atoms with van der Waals surface area (Å²) in [6.07, 6.45) is -12.7. The van der Waals surface area contributed by atoms with E-state index in [9.17, 15) is 31.1 Å². The van der Waals surface area contributed by atoms with Gasteiger partial charge in [-0.2, -0.15) is 26.3 Å². The summed E-state index contributed by atoms with van der Waals surface area (Å²) in [4.78, 5) is 15.1. The summed E-state index contributed by atoms with van der Waals surface area (Å²) in [7, 11) is 1.88. The maximum Gasteiger partial charge on any atom is 0.400 e. The molecule has 0 radical (unpaired) electrons. The van der Waals surface area contributed by atoms with Crippen molar-refractivity contribution in [2.24, 2.45) is 5.92 Å². The molecule has 1 amide bonds. The Morgan fingerprint density at radius 1 is 1.19 bits per heavy atom. The first-order chi connectivity index (χ1) is 7.00. The molecule has 0 rings (SSSR count). The zero-order chi connectivity index (χ0) is 13.1. The molecule has 0 spiro atoms. The van der Waals surface area contributed by atoms with Gasteiger partial charge in [0.1, 0.15) is 0 Å². The van der Waals surface area contributed by atoms with E-state index in [0.717, 1.165) is 14.2 Å². The van der Waals surface area contributed by atoms with Gasteiger partial charge in [-0.15, -0.1) is 0 Å². The zero-order valence-electron chi connectivity index (χ0n) is 8.32. The largest absolute Gasteiger partial charge is 0.400 e. The molecule has 0 aromatic carbocycles. The van der Waals surface area contributed by atoms with Crippen LogP contribution in [-0.2, 0) is 9.63 Å². The molecule has 0 fully saturated rings. The number of hydrogen-bond donors (Lipinski definition) is 0. The van der Waals surface area contributed by atoms with Gasteiger partial charge in [0.05, 0.1) is 7.11 Å². The summed E-state index contributed by atoms with van der Waals surface area (Å²) >= 11 is 0. The average molecular weight is 253 g/mol. The van der Waals surface area contributed by atoms with E-state index >= 15 is 0 Å². The number of carbonyl (C=O) groups excluding carboxylic acids is 1. The van der Waals surface area contributed by atoms with Crippen molar-refractivity contribution in [2.75, 3.05) is 14.2 Å². The third-order valence-electron chi connectivity index (χ3n) is 1.79. The highest BCUT2D eigenvalue weighted by Gasteiger charge is 2.57. The molecule has 0 aromatic heterocycles. The first kappa shape index (κ1) is 15.0. The van der Waals surface area contributed by atoms with Crippen molar-refractivity contribution < 1.29 is 36.0 Å². The SMILES string of the molecule is CON(C)C(=O)CC(C(F)(F)F)C(F)(F)F.